The Hall–Kier alpha value is -1.06. The molecule has 1 amide bonds. The van der Waals surface area contributed by atoms with Crippen LogP contribution in [0.25, 0.3) is 0 Å². The highest BCUT2D eigenvalue weighted by Crippen LogP contribution is 2.23. The zero-order valence-electron chi connectivity index (χ0n) is 10.0. The second kappa shape index (κ2) is 6.62. The Morgan fingerprint density at radius 2 is 2.29 bits per heavy atom. The number of hydrogen-bond donors (Lipinski definition) is 2. The number of rotatable bonds is 2. The van der Waals surface area contributed by atoms with Gasteiger partial charge in [0.15, 0.2) is 0 Å². The summed E-state index contributed by atoms with van der Waals surface area (Å²) >= 11 is 0. The summed E-state index contributed by atoms with van der Waals surface area (Å²) in [6.07, 6.45) is 2.43. The van der Waals surface area contributed by atoms with Crippen LogP contribution in [0.15, 0.2) is 24.3 Å². The highest BCUT2D eigenvalue weighted by Gasteiger charge is 2.15. The molecule has 1 heterocycles. The molecule has 0 bridgehead atoms. The molecule has 0 spiro atoms. The molecule has 4 heteroatoms. The molecule has 1 fully saturated rings. The second-order valence-corrected chi connectivity index (χ2v) is 4.25. The lowest BCUT2D eigenvalue weighted by atomic mass is 9.90. The Morgan fingerprint density at radius 3 is 2.94 bits per heavy atom. The molecule has 0 radical (unpaired) electrons. The van der Waals surface area contributed by atoms with Gasteiger partial charge in [0.1, 0.15) is 0 Å². The normalized spacial score (nSPS) is 19.2. The average molecular weight is 255 g/mol. The van der Waals surface area contributed by atoms with E-state index in [0.717, 1.165) is 18.7 Å². The summed E-state index contributed by atoms with van der Waals surface area (Å²) in [5.41, 5.74) is 2.03. The van der Waals surface area contributed by atoms with E-state index in [4.69, 9.17) is 0 Å². The lowest BCUT2D eigenvalue weighted by Crippen LogP contribution is -2.28. The number of nitrogens with one attached hydrogen (secondary N) is 2. The van der Waals surface area contributed by atoms with Gasteiger partial charge < -0.3 is 10.6 Å². The lowest BCUT2D eigenvalue weighted by Gasteiger charge is -2.23. The predicted molar refractivity (Wildman–Crippen MR) is 71.9 cm³/mol. The number of carbonyl (C=O) groups is 1. The summed E-state index contributed by atoms with van der Waals surface area (Å²) in [5, 5.41) is 6.05. The summed E-state index contributed by atoms with van der Waals surface area (Å²) in [6, 6.07) is 7.95. The molecule has 2 N–H and O–H groups in total. The van der Waals surface area contributed by atoms with Crippen molar-refractivity contribution in [3.05, 3.63) is 35.4 Å². The molecule has 1 aromatic rings. The van der Waals surface area contributed by atoms with Gasteiger partial charge >= 0.3 is 0 Å². The van der Waals surface area contributed by atoms with Crippen molar-refractivity contribution in [2.45, 2.75) is 18.8 Å². The van der Waals surface area contributed by atoms with Gasteiger partial charge in [-0.15, -0.1) is 12.4 Å². The topological polar surface area (TPSA) is 41.1 Å². The first-order valence-corrected chi connectivity index (χ1v) is 5.84. The van der Waals surface area contributed by atoms with Crippen LogP contribution in [0.1, 0.15) is 34.7 Å². The van der Waals surface area contributed by atoms with Crippen molar-refractivity contribution < 1.29 is 4.79 Å². The van der Waals surface area contributed by atoms with E-state index in [0.29, 0.717) is 5.92 Å². The van der Waals surface area contributed by atoms with Crippen LogP contribution in [0.3, 0.4) is 0 Å². The van der Waals surface area contributed by atoms with E-state index < -0.39 is 0 Å². The van der Waals surface area contributed by atoms with Crippen molar-refractivity contribution >= 4 is 18.3 Å². The van der Waals surface area contributed by atoms with Crippen LogP contribution in [0.4, 0.5) is 0 Å². The Morgan fingerprint density at radius 1 is 1.47 bits per heavy atom. The minimum Gasteiger partial charge on any atom is -0.355 e. The van der Waals surface area contributed by atoms with Crippen molar-refractivity contribution in [2.24, 2.45) is 0 Å². The third-order valence-electron chi connectivity index (χ3n) is 3.14. The molecular weight excluding hydrogens is 236 g/mol. The van der Waals surface area contributed by atoms with Crippen molar-refractivity contribution in [1.29, 1.82) is 0 Å². The van der Waals surface area contributed by atoms with Gasteiger partial charge in [-0.05, 0) is 43.0 Å². The van der Waals surface area contributed by atoms with Crippen LogP contribution in [0.5, 0.6) is 0 Å². The van der Waals surface area contributed by atoms with Crippen molar-refractivity contribution in [1.82, 2.24) is 10.6 Å². The smallest absolute Gasteiger partial charge is 0.251 e. The van der Waals surface area contributed by atoms with E-state index in [1.807, 2.05) is 18.2 Å². The number of carbonyl (C=O) groups excluding carboxylic acids is 1. The standard InChI is InChI=1S/C13H18N2O.ClH/c1-14-13(16)11-5-2-4-10(8-11)12-6-3-7-15-9-12;/h2,4-5,8,12,15H,3,6-7,9H2,1H3,(H,14,16);1H. The summed E-state index contributed by atoms with van der Waals surface area (Å²) in [4.78, 5) is 11.5. The SMILES string of the molecule is CNC(=O)c1cccc(C2CCCNC2)c1.Cl. The highest BCUT2D eigenvalue weighted by atomic mass is 35.5. The van der Waals surface area contributed by atoms with Crippen LogP contribution in [-0.4, -0.2) is 26.0 Å². The van der Waals surface area contributed by atoms with Gasteiger partial charge in [-0.25, -0.2) is 0 Å². The summed E-state index contributed by atoms with van der Waals surface area (Å²) in [6.45, 7) is 2.14. The largest absolute Gasteiger partial charge is 0.355 e. The number of halogens is 1. The molecule has 94 valence electrons. The first kappa shape index (κ1) is 14.0. The fraction of sp³-hybridized carbons (Fsp3) is 0.462. The van der Waals surface area contributed by atoms with Gasteiger partial charge in [-0.1, -0.05) is 12.1 Å². The van der Waals surface area contributed by atoms with Crippen LogP contribution in [0, 0.1) is 0 Å². The molecule has 17 heavy (non-hydrogen) atoms. The molecule has 2 rings (SSSR count). The van der Waals surface area contributed by atoms with Gasteiger partial charge in [-0.3, -0.25) is 4.79 Å². The fourth-order valence-corrected chi connectivity index (χ4v) is 2.21. The van der Waals surface area contributed by atoms with Crippen LogP contribution in [-0.2, 0) is 0 Å². The minimum absolute atomic E-state index is 0. The third-order valence-corrected chi connectivity index (χ3v) is 3.14. The average Bonchev–Trinajstić information content (AvgIpc) is 2.39. The van der Waals surface area contributed by atoms with Gasteiger partial charge in [0.2, 0.25) is 0 Å². The number of amides is 1. The maximum absolute atomic E-state index is 11.5. The van der Waals surface area contributed by atoms with Gasteiger partial charge in [0, 0.05) is 19.2 Å². The Balaban J connectivity index is 0.00000144. The van der Waals surface area contributed by atoms with Gasteiger partial charge in [-0.2, -0.15) is 0 Å². The lowest BCUT2D eigenvalue weighted by molar-refractivity contribution is 0.0963. The molecule has 0 aromatic heterocycles. The van der Waals surface area contributed by atoms with Crippen LogP contribution < -0.4 is 10.6 Å². The van der Waals surface area contributed by atoms with E-state index in [1.54, 1.807) is 7.05 Å². The zero-order chi connectivity index (χ0) is 11.4. The molecule has 1 saturated heterocycles. The summed E-state index contributed by atoms with van der Waals surface area (Å²) < 4.78 is 0. The maximum Gasteiger partial charge on any atom is 0.251 e. The first-order chi connectivity index (χ1) is 7.81. The molecule has 1 atom stereocenters. The van der Waals surface area contributed by atoms with E-state index in [2.05, 4.69) is 16.7 Å². The van der Waals surface area contributed by atoms with Gasteiger partial charge in [0.25, 0.3) is 5.91 Å². The molecular formula is C13H19ClN2O. The van der Waals surface area contributed by atoms with Crippen molar-refractivity contribution in [3.63, 3.8) is 0 Å². The van der Waals surface area contributed by atoms with Gasteiger partial charge in [0.05, 0.1) is 0 Å². The monoisotopic (exact) mass is 254 g/mol. The minimum atomic E-state index is -0.00869. The Bertz CT molecular complexity index is 375. The Labute approximate surface area is 108 Å². The third kappa shape index (κ3) is 3.45. The van der Waals surface area contributed by atoms with Crippen LogP contribution in [0.2, 0.25) is 0 Å². The van der Waals surface area contributed by atoms with Crippen LogP contribution >= 0.6 is 12.4 Å². The van der Waals surface area contributed by atoms with Crippen molar-refractivity contribution in [2.75, 3.05) is 20.1 Å². The highest BCUT2D eigenvalue weighted by molar-refractivity contribution is 5.94. The molecule has 1 unspecified atom stereocenters. The molecule has 0 aliphatic carbocycles. The molecule has 1 aliphatic rings. The zero-order valence-corrected chi connectivity index (χ0v) is 10.8. The predicted octanol–water partition coefficient (Wildman–Crippen LogP) is 1.94. The molecule has 0 saturated carbocycles. The maximum atomic E-state index is 11.5. The summed E-state index contributed by atoms with van der Waals surface area (Å²) in [7, 11) is 1.66. The second-order valence-electron chi connectivity index (χ2n) is 4.25. The Kier molecular flexibility index (Phi) is 5.45. The molecule has 1 aliphatic heterocycles. The first-order valence-electron chi connectivity index (χ1n) is 5.84. The van der Waals surface area contributed by atoms with E-state index in [-0.39, 0.29) is 18.3 Å². The molecule has 3 nitrogen and oxygen atoms in total. The van der Waals surface area contributed by atoms with E-state index in [9.17, 15) is 4.79 Å². The van der Waals surface area contributed by atoms with E-state index >= 15 is 0 Å². The summed E-state index contributed by atoms with van der Waals surface area (Å²) in [5.74, 6) is 0.545. The quantitative estimate of drug-likeness (QED) is 0.847. The fourth-order valence-electron chi connectivity index (χ4n) is 2.21. The number of benzene rings is 1. The van der Waals surface area contributed by atoms with Crippen molar-refractivity contribution in [3.8, 4) is 0 Å². The number of piperidine rings is 1. The van der Waals surface area contributed by atoms with E-state index in [1.165, 1.54) is 18.4 Å². The molecule has 1 aromatic carbocycles. The number of hydrogen-bond acceptors (Lipinski definition) is 2.